The van der Waals surface area contributed by atoms with Crippen molar-refractivity contribution in [1.29, 1.82) is 5.26 Å². The lowest BCUT2D eigenvalue weighted by atomic mass is 10.0. The van der Waals surface area contributed by atoms with Gasteiger partial charge in [-0.1, -0.05) is 18.2 Å². The van der Waals surface area contributed by atoms with E-state index >= 15 is 0 Å². The van der Waals surface area contributed by atoms with E-state index in [4.69, 9.17) is 5.26 Å². The third kappa shape index (κ3) is 3.72. The molecule has 5 aromatic rings. The lowest BCUT2D eigenvalue weighted by molar-refractivity contribution is 0.0989. The number of nitriles is 1. The number of aromatic nitrogens is 6. The normalized spacial score (nSPS) is 10.9. The van der Waals surface area contributed by atoms with Crippen LogP contribution in [0.15, 0.2) is 67.3 Å². The van der Waals surface area contributed by atoms with Crippen molar-refractivity contribution in [2.45, 2.75) is 13.0 Å². The summed E-state index contributed by atoms with van der Waals surface area (Å²) in [6, 6.07) is 15.3. The van der Waals surface area contributed by atoms with E-state index in [-0.39, 0.29) is 12.2 Å². The van der Waals surface area contributed by atoms with Gasteiger partial charge in [-0.3, -0.25) is 19.7 Å². The molecule has 0 fully saturated rings. The Bertz CT molecular complexity index is 1420. The first-order chi connectivity index (χ1) is 15.2. The molecule has 150 valence electrons. The van der Waals surface area contributed by atoms with Crippen molar-refractivity contribution < 1.29 is 4.79 Å². The third-order valence-corrected chi connectivity index (χ3v) is 5.11. The second-order valence-corrected chi connectivity index (χ2v) is 7.28. The minimum absolute atomic E-state index is 0.0756. The molecule has 8 nitrogen and oxygen atoms in total. The number of nitrogens with one attached hydrogen (secondary N) is 2. The van der Waals surface area contributed by atoms with Gasteiger partial charge in [0.1, 0.15) is 5.69 Å². The fourth-order valence-electron chi connectivity index (χ4n) is 3.60. The largest absolute Gasteiger partial charge is 0.292 e. The number of nitrogens with zero attached hydrogens (tertiary/aromatic N) is 5. The molecule has 0 spiro atoms. The first kappa shape index (κ1) is 18.5. The van der Waals surface area contributed by atoms with Gasteiger partial charge in [-0.05, 0) is 41.0 Å². The van der Waals surface area contributed by atoms with E-state index in [1.807, 2.05) is 48.8 Å². The number of hydrogen-bond donors (Lipinski definition) is 2. The van der Waals surface area contributed by atoms with Crippen molar-refractivity contribution in [3.8, 4) is 17.2 Å². The Morgan fingerprint density at radius 1 is 1.10 bits per heavy atom. The van der Waals surface area contributed by atoms with Gasteiger partial charge in [0.2, 0.25) is 0 Å². The van der Waals surface area contributed by atoms with Gasteiger partial charge in [-0.15, -0.1) is 0 Å². The van der Waals surface area contributed by atoms with Gasteiger partial charge in [-0.25, -0.2) is 0 Å². The van der Waals surface area contributed by atoms with Crippen LogP contribution in [0.5, 0.6) is 0 Å². The molecule has 3 aromatic heterocycles. The quantitative estimate of drug-likeness (QED) is 0.418. The topological polar surface area (TPSA) is 116 Å². The summed E-state index contributed by atoms with van der Waals surface area (Å²) in [6.07, 6.45) is 7.32. The maximum atomic E-state index is 12.9. The van der Waals surface area contributed by atoms with E-state index in [1.165, 1.54) is 0 Å². The number of rotatable bonds is 6. The van der Waals surface area contributed by atoms with Crippen LogP contribution in [0.1, 0.15) is 27.2 Å². The number of Topliss-reactive ketones (excluding diaryl/α,β-unsaturated/α-hetero) is 1. The van der Waals surface area contributed by atoms with Crippen LogP contribution in [0.25, 0.3) is 22.0 Å². The molecule has 0 aliphatic carbocycles. The zero-order valence-electron chi connectivity index (χ0n) is 16.4. The summed E-state index contributed by atoms with van der Waals surface area (Å²) in [5, 5.41) is 28.2. The molecule has 0 radical (unpaired) electrons. The first-order valence-electron chi connectivity index (χ1n) is 9.70. The molecule has 3 heterocycles. The predicted molar refractivity (Wildman–Crippen MR) is 114 cm³/mol. The van der Waals surface area contributed by atoms with Crippen molar-refractivity contribution in [3.05, 3.63) is 89.6 Å². The van der Waals surface area contributed by atoms with E-state index in [0.29, 0.717) is 17.8 Å². The van der Waals surface area contributed by atoms with E-state index in [1.54, 1.807) is 23.1 Å². The van der Waals surface area contributed by atoms with Crippen LogP contribution < -0.4 is 0 Å². The molecule has 31 heavy (non-hydrogen) atoms. The van der Waals surface area contributed by atoms with E-state index in [0.717, 1.165) is 33.2 Å². The van der Waals surface area contributed by atoms with Crippen molar-refractivity contribution in [2.75, 3.05) is 0 Å². The minimum Gasteiger partial charge on any atom is -0.292 e. The molecule has 2 aromatic carbocycles. The number of carbonyl (C=O) groups excluding carboxylic acids is 1. The minimum atomic E-state index is -0.0756. The van der Waals surface area contributed by atoms with Gasteiger partial charge in [0.15, 0.2) is 5.78 Å². The second kappa shape index (κ2) is 7.72. The molecule has 0 unspecified atom stereocenters. The molecule has 0 saturated heterocycles. The maximum Gasteiger partial charge on any atom is 0.188 e. The van der Waals surface area contributed by atoms with Crippen LogP contribution >= 0.6 is 0 Å². The fourth-order valence-corrected chi connectivity index (χ4v) is 3.60. The van der Waals surface area contributed by atoms with Gasteiger partial charge in [-0.2, -0.15) is 20.6 Å². The molecule has 5 rings (SSSR count). The Morgan fingerprint density at radius 3 is 2.87 bits per heavy atom. The van der Waals surface area contributed by atoms with Crippen LogP contribution in [-0.4, -0.2) is 36.0 Å². The summed E-state index contributed by atoms with van der Waals surface area (Å²) >= 11 is 0. The summed E-state index contributed by atoms with van der Waals surface area (Å²) in [6.45, 7) is 0.534. The summed E-state index contributed by atoms with van der Waals surface area (Å²) in [5.74, 6) is -0.0756. The van der Waals surface area contributed by atoms with Gasteiger partial charge in [0, 0.05) is 29.8 Å². The van der Waals surface area contributed by atoms with Crippen LogP contribution in [-0.2, 0) is 13.0 Å². The molecular formula is C23H17N7O. The molecule has 2 N–H and O–H groups in total. The summed E-state index contributed by atoms with van der Waals surface area (Å²) in [7, 11) is 0. The van der Waals surface area contributed by atoms with Crippen molar-refractivity contribution in [3.63, 3.8) is 0 Å². The fraction of sp³-hybridized carbons (Fsp3) is 0.0870. The highest BCUT2D eigenvalue weighted by atomic mass is 16.1. The highest BCUT2D eigenvalue weighted by Gasteiger charge is 2.16. The van der Waals surface area contributed by atoms with Crippen molar-refractivity contribution >= 4 is 16.7 Å². The van der Waals surface area contributed by atoms with Crippen molar-refractivity contribution in [2.24, 2.45) is 0 Å². The molecular weight excluding hydrogens is 390 g/mol. The second-order valence-electron chi connectivity index (χ2n) is 7.28. The highest BCUT2D eigenvalue weighted by Crippen LogP contribution is 2.25. The summed E-state index contributed by atoms with van der Waals surface area (Å²) in [4.78, 5) is 12.9. The number of benzene rings is 2. The number of carbonyl (C=O) groups is 1. The van der Waals surface area contributed by atoms with Crippen LogP contribution in [0.2, 0.25) is 0 Å². The molecule has 0 bridgehead atoms. The SMILES string of the molecule is N#Cc1cccc(Cn2cc(CC(=O)c3n[nH]c4cc(-c5cn[nH]c5)ccc34)cn2)c1. The number of hydrogen-bond acceptors (Lipinski definition) is 5. The molecule has 8 heteroatoms. The number of fused-ring (bicyclic) bond motifs is 1. The van der Waals surface area contributed by atoms with Gasteiger partial charge < -0.3 is 0 Å². The summed E-state index contributed by atoms with van der Waals surface area (Å²) in [5.41, 5.74) is 5.59. The average Bonchev–Trinajstić information content (AvgIpc) is 3.54. The first-order valence-corrected chi connectivity index (χ1v) is 9.70. The van der Waals surface area contributed by atoms with E-state index < -0.39 is 0 Å². The number of ketones is 1. The molecule has 0 saturated carbocycles. The Hall–Kier alpha value is -4.51. The molecule has 0 atom stereocenters. The molecule has 0 aliphatic rings. The van der Waals surface area contributed by atoms with E-state index in [2.05, 4.69) is 31.6 Å². The molecule has 0 aliphatic heterocycles. The van der Waals surface area contributed by atoms with Gasteiger partial charge in [0.25, 0.3) is 0 Å². The van der Waals surface area contributed by atoms with Crippen LogP contribution in [0, 0.1) is 11.3 Å². The smallest absolute Gasteiger partial charge is 0.188 e. The lowest BCUT2D eigenvalue weighted by Crippen LogP contribution is -2.04. The zero-order valence-corrected chi connectivity index (χ0v) is 16.4. The van der Waals surface area contributed by atoms with E-state index in [9.17, 15) is 4.79 Å². The Kier molecular flexibility index (Phi) is 4.61. The molecule has 0 amide bonds. The lowest BCUT2D eigenvalue weighted by Gasteiger charge is -2.02. The highest BCUT2D eigenvalue weighted by molar-refractivity contribution is 6.07. The van der Waals surface area contributed by atoms with Crippen LogP contribution in [0.3, 0.4) is 0 Å². The number of aromatic amines is 2. The van der Waals surface area contributed by atoms with Crippen molar-refractivity contribution in [1.82, 2.24) is 30.2 Å². The number of H-pyrrole nitrogens is 2. The Labute approximate surface area is 177 Å². The van der Waals surface area contributed by atoms with Crippen LogP contribution in [0.4, 0.5) is 0 Å². The summed E-state index contributed by atoms with van der Waals surface area (Å²) < 4.78 is 1.76. The average molecular weight is 407 g/mol. The monoisotopic (exact) mass is 407 g/mol. The standard InChI is InChI=1S/C23H17N7O/c24-9-15-2-1-3-16(6-15)13-30-14-17(10-27-30)7-22(31)23-20-5-4-18(8-21(20)28-29-23)19-11-25-26-12-19/h1-6,8,10-12,14H,7,13H2,(H,25,26)(H,28,29). The Balaban J connectivity index is 1.32. The maximum absolute atomic E-state index is 12.9. The van der Waals surface area contributed by atoms with Gasteiger partial charge >= 0.3 is 0 Å². The third-order valence-electron chi connectivity index (χ3n) is 5.11. The van der Waals surface area contributed by atoms with Gasteiger partial charge in [0.05, 0.1) is 36.1 Å². The zero-order chi connectivity index (χ0) is 21.2. The predicted octanol–water partition coefficient (Wildman–Crippen LogP) is 3.49. The Morgan fingerprint density at radius 2 is 2.03 bits per heavy atom.